The topological polar surface area (TPSA) is 62.6 Å². The number of thiocarbonyl (C=S) groups is 1. The zero-order valence-corrected chi connectivity index (χ0v) is 19.2. The molecule has 2 heterocycles. The number of hydrogen-bond acceptors (Lipinski definition) is 5. The van der Waals surface area contributed by atoms with Gasteiger partial charge in [-0.1, -0.05) is 47.2 Å². The molecule has 9 heteroatoms. The van der Waals surface area contributed by atoms with Gasteiger partial charge in [0.2, 0.25) is 5.91 Å². The second kappa shape index (κ2) is 8.88. The van der Waals surface area contributed by atoms with Crippen molar-refractivity contribution < 1.29 is 14.0 Å². The number of halogens is 2. The first-order valence-electron chi connectivity index (χ1n) is 9.03. The van der Waals surface area contributed by atoms with Gasteiger partial charge in [-0.2, -0.15) is 0 Å². The van der Waals surface area contributed by atoms with Gasteiger partial charge in [0.1, 0.15) is 11.5 Å². The fraction of sp³-hybridized carbons (Fsp3) is 0.0455. The molecule has 0 radical (unpaired) electrons. The number of nitrogens with zero attached hydrogens (tertiary/aromatic N) is 1. The number of carbonyl (C=O) groups is 2. The number of carbonyl (C=O) groups excluding carboxylic acids is 2. The van der Waals surface area contributed by atoms with Crippen LogP contribution in [0.1, 0.15) is 12.7 Å². The van der Waals surface area contributed by atoms with Gasteiger partial charge in [-0.15, -0.1) is 0 Å². The second-order valence-corrected chi connectivity index (χ2v) is 9.07. The van der Waals surface area contributed by atoms with Crippen molar-refractivity contribution in [1.82, 2.24) is 0 Å². The molecule has 0 saturated carbocycles. The average molecular weight is 489 g/mol. The van der Waals surface area contributed by atoms with Gasteiger partial charge in [-0.25, -0.2) is 0 Å². The van der Waals surface area contributed by atoms with E-state index in [1.165, 1.54) is 23.6 Å². The van der Waals surface area contributed by atoms with Gasteiger partial charge in [0, 0.05) is 24.3 Å². The third-order valence-electron chi connectivity index (χ3n) is 4.34. The zero-order valence-electron chi connectivity index (χ0n) is 16.0. The molecule has 0 unspecified atom stereocenters. The van der Waals surface area contributed by atoms with Gasteiger partial charge in [-0.3, -0.25) is 14.5 Å². The third-order valence-corrected chi connectivity index (χ3v) is 6.39. The van der Waals surface area contributed by atoms with Crippen molar-refractivity contribution >= 4 is 80.8 Å². The van der Waals surface area contributed by atoms with E-state index in [4.69, 9.17) is 39.8 Å². The molecule has 5 nitrogen and oxygen atoms in total. The zero-order chi connectivity index (χ0) is 22.1. The summed E-state index contributed by atoms with van der Waals surface area (Å²) in [6, 6.07) is 15.7. The Kier molecular flexibility index (Phi) is 6.20. The van der Waals surface area contributed by atoms with Crippen LogP contribution in [0, 0.1) is 0 Å². The number of benzene rings is 2. The monoisotopic (exact) mass is 488 g/mol. The van der Waals surface area contributed by atoms with Gasteiger partial charge >= 0.3 is 0 Å². The number of nitrogens with one attached hydrogen (secondary N) is 1. The van der Waals surface area contributed by atoms with Crippen molar-refractivity contribution in [1.29, 1.82) is 0 Å². The Morgan fingerprint density at radius 3 is 2.52 bits per heavy atom. The molecule has 1 aromatic heterocycles. The number of rotatable bonds is 4. The van der Waals surface area contributed by atoms with Gasteiger partial charge in [0.05, 0.1) is 20.6 Å². The maximum atomic E-state index is 12.9. The van der Waals surface area contributed by atoms with Gasteiger partial charge < -0.3 is 9.73 Å². The van der Waals surface area contributed by atoms with E-state index in [0.29, 0.717) is 42.2 Å². The molecular weight excluding hydrogens is 475 g/mol. The summed E-state index contributed by atoms with van der Waals surface area (Å²) in [6.07, 6.45) is 1.66. The fourth-order valence-electron chi connectivity index (χ4n) is 2.95. The molecule has 1 aliphatic rings. The number of thioether (sulfide) groups is 1. The van der Waals surface area contributed by atoms with Crippen molar-refractivity contribution in [2.75, 3.05) is 10.2 Å². The van der Waals surface area contributed by atoms with Crippen LogP contribution in [0.5, 0.6) is 0 Å². The summed E-state index contributed by atoms with van der Waals surface area (Å²) in [5.41, 5.74) is 2.04. The highest BCUT2D eigenvalue weighted by atomic mass is 35.5. The largest absolute Gasteiger partial charge is 0.457 e. The van der Waals surface area contributed by atoms with Gasteiger partial charge in [0.25, 0.3) is 5.91 Å². The minimum atomic E-state index is -0.241. The Morgan fingerprint density at radius 2 is 1.84 bits per heavy atom. The molecule has 0 aliphatic carbocycles. The van der Waals surface area contributed by atoms with E-state index in [2.05, 4.69) is 5.32 Å². The third kappa shape index (κ3) is 4.70. The maximum Gasteiger partial charge on any atom is 0.270 e. The predicted molar refractivity (Wildman–Crippen MR) is 131 cm³/mol. The van der Waals surface area contributed by atoms with Crippen molar-refractivity contribution in [3.05, 3.63) is 75.3 Å². The number of furan rings is 1. The Hall–Kier alpha value is -2.58. The number of amides is 2. The molecule has 1 N–H and O–H groups in total. The molecule has 2 amide bonds. The van der Waals surface area contributed by atoms with Crippen molar-refractivity contribution in [2.24, 2.45) is 0 Å². The predicted octanol–water partition coefficient (Wildman–Crippen LogP) is 6.62. The first kappa shape index (κ1) is 21.6. The van der Waals surface area contributed by atoms with E-state index >= 15 is 0 Å². The van der Waals surface area contributed by atoms with Crippen molar-refractivity contribution in [2.45, 2.75) is 6.92 Å². The molecule has 3 aromatic rings. The summed E-state index contributed by atoms with van der Waals surface area (Å²) in [6.45, 7) is 1.43. The van der Waals surface area contributed by atoms with Crippen LogP contribution in [-0.2, 0) is 9.59 Å². The maximum absolute atomic E-state index is 12.9. The molecule has 4 rings (SSSR count). The molecular formula is C22H14Cl2N2O3S2. The van der Waals surface area contributed by atoms with Crippen LogP contribution in [0.25, 0.3) is 17.4 Å². The quantitative estimate of drug-likeness (QED) is 0.330. The van der Waals surface area contributed by atoms with Crippen molar-refractivity contribution in [3.63, 3.8) is 0 Å². The van der Waals surface area contributed by atoms with Crippen molar-refractivity contribution in [3.8, 4) is 11.3 Å². The van der Waals surface area contributed by atoms with Crippen LogP contribution in [0.15, 0.2) is 63.9 Å². The van der Waals surface area contributed by atoms with E-state index in [9.17, 15) is 9.59 Å². The Balaban J connectivity index is 1.55. The Labute approximate surface area is 198 Å². The Morgan fingerprint density at radius 1 is 1.10 bits per heavy atom. The lowest BCUT2D eigenvalue weighted by atomic mass is 10.2. The molecule has 0 atom stereocenters. The lowest BCUT2D eigenvalue weighted by Gasteiger charge is -2.15. The second-order valence-electron chi connectivity index (χ2n) is 6.58. The standard InChI is InChI=1S/C22H14Cl2N2O3S2/c1-12(27)25-14-3-5-15(6-4-14)26-21(28)20(31-22(26)30)11-16-7-9-19(29-16)13-2-8-17(23)18(24)10-13/h2-11H,1H3,(H,25,27)/b20-11+. The first-order valence-corrected chi connectivity index (χ1v) is 11.0. The summed E-state index contributed by atoms with van der Waals surface area (Å²) in [7, 11) is 0. The van der Waals surface area contributed by atoms with Crippen LogP contribution in [0.4, 0.5) is 11.4 Å². The van der Waals surface area contributed by atoms with Gasteiger partial charge in [0.15, 0.2) is 4.32 Å². The van der Waals surface area contributed by atoms with Crippen LogP contribution >= 0.6 is 47.2 Å². The van der Waals surface area contributed by atoms with E-state index in [1.54, 1.807) is 60.7 Å². The average Bonchev–Trinajstić information content (AvgIpc) is 3.29. The molecule has 1 aliphatic heterocycles. The lowest BCUT2D eigenvalue weighted by Crippen LogP contribution is -2.27. The summed E-state index contributed by atoms with van der Waals surface area (Å²) < 4.78 is 6.27. The van der Waals surface area contributed by atoms with Gasteiger partial charge in [-0.05, 0) is 54.6 Å². The molecule has 0 bridgehead atoms. The Bertz CT molecular complexity index is 1240. The molecule has 0 spiro atoms. The molecule has 1 fully saturated rings. The SMILES string of the molecule is CC(=O)Nc1ccc(N2C(=O)/C(=C\c3ccc(-c4ccc(Cl)c(Cl)c4)o3)SC2=S)cc1. The summed E-state index contributed by atoms with van der Waals surface area (Å²) in [5, 5.41) is 3.59. The minimum Gasteiger partial charge on any atom is -0.457 e. The smallest absolute Gasteiger partial charge is 0.270 e. The number of hydrogen-bond donors (Lipinski definition) is 1. The molecule has 1 saturated heterocycles. The van der Waals surface area contributed by atoms with Crippen LogP contribution in [0.2, 0.25) is 10.0 Å². The van der Waals surface area contributed by atoms with Crippen LogP contribution < -0.4 is 10.2 Å². The summed E-state index contributed by atoms with van der Waals surface area (Å²) in [4.78, 5) is 26.0. The molecule has 31 heavy (non-hydrogen) atoms. The van der Waals surface area contributed by atoms with E-state index in [0.717, 1.165) is 5.56 Å². The van der Waals surface area contributed by atoms with Crippen LogP contribution in [-0.4, -0.2) is 16.1 Å². The molecule has 156 valence electrons. The fourth-order valence-corrected chi connectivity index (χ4v) is 4.53. The highest BCUT2D eigenvalue weighted by Gasteiger charge is 2.33. The van der Waals surface area contributed by atoms with E-state index < -0.39 is 0 Å². The summed E-state index contributed by atoms with van der Waals surface area (Å²) in [5.74, 6) is 0.714. The normalized spacial score (nSPS) is 15.1. The highest BCUT2D eigenvalue weighted by Crippen LogP contribution is 2.37. The lowest BCUT2D eigenvalue weighted by molar-refractivity contribution is -0.114. The number of anilines is 2. The minimum absolute atomic E-state index is 0.167. The van der Waals surface area contributed by atoms with E-state index in [1.807, 2.05) is 0 Å². The van der Waals surface area contributed by atoms with E-state index in [-0.39, 0.29) is 11.8 Å². The first-order chi connectivity index (χ1) is 14.8. The summed E-state index contributed by atoms with van der Waals surface area (Å²) >= 11 is 18.6. The highest BCUT2D eigenvalue weighted by molar-refractivity contribution is 8.27. The molecule has 2 aromatic carbocycles. The van der Waals surface area contributed by atoms with Crippen LogP contribution in [0.3, 0.4) is 0 Å².